The van der Waals surface area contributed by atoms with Gasteiger partial charge in [-0.2, -0.15) is 4.98 Å². The van der Waals surface area contributed by atoms with Crippen LogP contribution in [0.25, 0.3) is 0 Å². The Morgan fingerprint density at radius 3 is 2.69 bits per heavy atom. The van der Waals surface area contributed by atoms with E-state index < -0.39 is 11.2 Å². The first-order chi connectivity index (χ1) is 16.9. The standard InChI is InChI=1S/C25H30FN5O4/c1-29-7-3-4-17-21(29)27-24(28-22(17)32)31-8-5-25(6-9-31)20-18(26)10-16(35-14-15-12-34-13-15)11-19(20)30(2)23(25)33/h10-11,15H,3-9,12-14H2,1-2H3,(H,27,28,32). The molecule has 10 heteroatoms. The Bertz CT molecular complexity index is 1240. The van der Waals surface area contributed by atoms with Crippen molar-refractivity contribution in [2.24, 2.45) is 5.92 Å². The quantitative estimate of drug-likeness (QED) is 0.710. The van der Waals surface area contributed by atoms with E-state index in [0.717, 1.165) is 30.8 Å². The average Bonchev–Trinajstić information content (AvgIpc) is 3.01. The summed E-state index contributed by atoms with van der Waals surface area (Å²) >= 11 is 0. The fourth-order valence-electron chi connectivity index (χ4n) is 5.85. The first-order valence-corrected chi connectivity index (χ1v) is 12.3. The van der Waals surface area contributed by atoms with E-state index >= 15 is 4.39 Å². The second-order valence-corrected chi connectivity index (χ2v) is 10.2. The summed E-state index contributed by atoms with van der Waals surface area (Å²) in [6.45, 7) is 3.63. The number of carbonyl (C=O) groups is 1. The summed E-state index contributed by atoms with van der Waals surface area (Å²) in [5.74, 6) is 1.50. The number of nitrogens with zero attached hydrogens (tertiary/aromatic N) is 4. The molecule has 2 aromatic rings. The van der Waals surface area contributed by atoms with Crippen LogP contribution in [0.5, 0.6) is 5.75 Å². The molecule has 9 nitrogen and oxygen atoms in total. The fourth-order valence-corrected chi connectivity index (χ4v) is 5.85. The maximum atomic E-state index is 15.5. The predicted octanol–water partition coefficient (Wildman–Crippen LogP) is 1.83. The van der Waals surface area contributed by atoms with Gasteiger partial charge in [-0.1, -0.05) is 0 Å². The Morgan fingerprint density at radius 2 is 1.97 bits per heavy atom. The van der Waals surface area contributed by atoms with Crippen molar-refractivity contribution in [3.8, 4) is 5.75 Å². The Hall–Kier alpha value is -3.14. The lowest BCUT2D eigenvalue weighted by Crippen LogP contribution is -2.49. The molecule has 186 valence electrons. The second kappa shape index (κ2) is 8.22. The Balaban J connectivity index is 1.25. The summed E-state index contributed by atoms with van der Waals surface area (Å²) in [4.78, 5) is 39.4. The van der Waals surface area contributed by atoms with Crippen molar-refractivity contribution in [2.75, 3.05) is 68.2 Å². The van der Waals surface area contributed by atoms with Gasteiger partial charge >= 0.3 is 0 Å². The van der Waals surface area contributed by atoms with Gasteiger partial charge in [0.2, 0.25) is 11.9 Å². The van der Waals surface area contributed by atoms with Gasteiger partial charge in [-0.3, -0.25) is 14.6 Å². The largest absolute Gasteiger partial charge is 0.493 e. The highest BCUT2D eigenvalue weighted by molar-refractivity contribution is 6.08. The molecule has 5 heterocycles. The van der Waals surface area contributed by atoms with E-state index in [4.69, 9.17) is 14.5 Å². The van der Waals surface area contributed by atoms with Gasteiger partial charge in [0.05, 0.1) is 36.5 Å². The lowest BCUT2D eigenvalue weighted by Gasteiger charge is -2.39. The van der Waals surface area contributed by atoms with Crippen molar-refractivity contribution >= 4 is 23.4 Å². The molecule has 1 aromatic heterocycles. The number of halogens is 1. The van der Waals surface area contributed by atoms with E-state index in [9.17, 15) is 9.59 Å². The lowest BCUT2D eigenvalue weighted by atomic mass is 9.73. The molecule has 2 saturated heterocycles. The third-order valence-electron chi connectivity index (χ3n) is 7.97. The minimum absolute atomic E-state index is 0.0952. The molecule has 0 radical (unpaired) electrons. The number of carbonyl (C=O) groups excluding carboxylic acids is 1. The fraction of sp³-hybridized carbons (Fsp3) is 0.560. The van der Waals surface area contributed by atoms with Crippen molar-refractivity contribution in [1.29, 1.82) is 0 Å². The summed E-state index contributed by atoms with van der Waals surface area (Å²) < 4.78 is 26.5. The first kappa shape index (κ1) is 22.3. The van der Waals surface area contributed by atoms with Crippen LogP contribution in [0.15, 0.2) is 16.9 Å². The minimum atomic E-state index is -0.920. The van der Waals surface area contributed by atoms with Gasteiger partial charge in [-0.25, -0.2) is 4.39 Å². The van der Waals surface area contributed by atoms with Crippen LogP contribution in [0.2, 0.25) is 0 Å². The van der Waals surface area contributed by atoms with Crippen molar-refractivity contribution in [3.63, 3.8) is 0 Å². The SMILES string of the molecule is CN1CCCc2c1nc(N1CCC3(CC1)C(=O)N(C)c1cc(OCC4COC4)cc(F)c13)[nH]c2=O. The Morgan fingerprint density at radius 1 is 1.20 bits per heavy atom. The number of hydrogen-bond donors (Lipinski definition) is 1. The second-order valence-electron chi connectivity index (χ2n) is 10.2. The highest BCUT2D eigenvalue weighted by Crippen LogP contribution is 2.50. The van der Waals surface area contributed by atoms with Crippen molar-refractivity contribution in [3.05, 3.63) is 39.4 Å². The van der Waals surface area contributed by atoms with E-state index in [2.05, 4.69) is 4.98 Å². The van der Waals surface area contributed by atoms with E-state index in [1.165, 1.54) is 6.07 Å². The molecule has 1 spiro atoms. The minimum Gasteiger partial charge on any atom is -0.493 e. The number of aromatic nitrogens is 2. The number of ether oxygens (including phenoxy) is 2. The van der Waals surface area contributed by atoms with Crippen LogP contribution in [0.4, 0.5) is 21.8 Å². The number of aromatic amines is 1. The zero-order valence-electron chi connectivity index (χ0n) is 20.1. The van der Waals surface area contributed by atoms with Gasteiger partial charge < -0.3 is 24.2 Å². The van der Waals surface area contributed by atoms with E-state index in [0.29, 0.717) is 74.6 Å². The zero-order valence-corrected chi connectivity index (χ0v) is 20.1. The molecule has 0 saturated carbocycles. The van der Waals surface area contributed by atoms with Gasteiger partial charge in [-0.15, -0.1) is 0 Å². The number of nitrogens with one attached hydrogen (secondary N) is 1. The summed E-state index contributed by atoms with van der Waals surface area (Å²) in [5, 5.41) is 0. The molecule has 35 heavy (non-hydrogen) atoms. The lowest BCUT2D eigenvalue weighted by molar-refractivity contribution is -0.123. The summed E-state index contributed by atoms with van der Waals surface area (Å²) in [6, 6.07) is 3.17. The third-order valence-corrected chi connectivity index (χ3v) is 7.97. The molecular weight excluding hydrogens is 453 g/mol. The van der Waals surface area contributed by atoms with Crippen LogP contribution in [-0.2, 0) is 21.4 Å². The summed E-state index contributed by atoms with van der Waals surface area (Å²) in [7, 11) is 3.65. The molecule has 6 rings (SSSR count). The molecule has 4 aliphatic rings. The van der Waals surface area contributed by atoms with E-state index in [-0.39, 0.29) is 11.5 Å². The summed E-state index contributed by atoms with van der Waals surface area (Å²) in [6.07, 6.45) is 2.54. The van der Waals surface area contributed by atoms with Crippen molar-refractivity contribution < 1.29 is 18.7 Å². The number of likely N-dealkylation sites (N-methyl/N-ethyl adjacent to an activating group) is 1. The molecule has 0 atom stereocenters. The van der Waals surface area contributed by atoms with Gasteiger partial charge in [0.15, 0.2) is 0 Å². The maximum Gasteiger partial charge on any atom is 0.257 e. The van der Waals surface area contributed by atoms with Gasteiger partial charge in [0.25, 0.3) is 5.56 Å². The number of rotatable bonds is 4. The van der Waals surface area contributed by atoms with E-state index in [1.807, 2.05) is 16.8 Å². The smallest absolute Gasteiger partial charge is 0.257 e. The zero-order chi connectivity index (χ0) is 24.3. The number of hydrogen-bond acceptors (Lipinski definition) is 7. The van der Waals surface area contributed by atoms with Crippen LogP contribution in [0, 0.1) is 11.7 Å². The topological polar surface area (TPSA) is 91.0 Å². The molecule has 1 amide bonds. The van der Waals surface area contributed by atoms with Gasteiger partial charge in [-0.05, 0) is 25.7 Å². The molecule has 0 bridgehead atoms. The number of amides is 1. The van der Waals surface area contributed by atoms with E-state index in [1.54, 1.807) is 18.0 Å². The van der Waals surface area contributed by atoms with Crippen molar-refractivity contribution in [1.82, 2.24) is 9.97 Å². The van der Waals surface area contributed by atoms with Crippen molar-refractivity contribution in [2.45, 2.75) is 31.1 Å². The van der Waals surface area contributed by atoms with Crippen LogP contribution < -0.4 is 25.0 Å². The molecule has 4 aliphatic heterocycles. The molecule has 1 N–H and O–H groups in total. The van der Waals surface area contributed by atoms with Crippen LogP contribution in [-0.4, -0.2) is 69.4 Å². The number of fused-ring (bicyclic) bond motifs is 3. The molecule has 1 aromatic carbocycles. The van der Waals surface area contributed by atoms with Crippen LogP contribution in [0.1, 0.15) is 30.4 Å². The number of piperidine rings is 1. The molecule has 2 fully saturated rings. The monoisotopic (exact) mass is 483 g/mol. The highest BCUT2D eigenvalue weighted by Gasteiger charge is 2.53. The Labute approximate surface area is 202 Å². The van der Waals surface area contributed by atoms with Gasteiger partial charge in [0.1, 0.15) is 17.4 Å². The molecule has 0 unspecified atom stereocenters. The predicted molar refractivity (Wildman–Crippen MR) is 129 cm³/mol. The summed E-state index contributed by atoms with van der Waals surface area (Å²) in [5.41, 5.74) is 0.727. The number of H-pyrrole nitrogens is 1. The normalized spacial score (nSPS) is 21.2. The first-order valence-electron chi connectivity index (χ1n) is 12.3. The maximum absolute atomic E-state index is 15.5. The van der Waals surface area contributed by atoms with Gasteiger partial charge in [0, 0.05) is 57.3 Å². The van der Waals surface area contributed by atoms with Crippen LogP contribution >= 0.6 is 0 Å². The molecular formula is C25H30FN5O4. The molecule has 0 aliphatic carbocycles. The average molecular weight is 484 g/mol. The Kier molecular flexibility index (Phi) is 5.24. The highest BCUT2D eigenvalue weighted by atomic mass is 19.1. The number of benzene rings is 1. The number of anilines is 3. The third kappa shape index (κ3) is 3.49. The van der Waals surface area contributed by atoms with Crippen LogP contribution in [0.3, 0.4) is 0 Å².